The molecular weight excluding hydrogens is 398 g/mol. The van der Waals surface area contributed by atoms with E-state index in [9.17, 15) is 25.0 Å². The van der Waals surface area contributed by atoms with E-state index in [0.29, 0.717) is 21.8 Å². The number of aromatic nitrogens is 2. The summed E-state index contributed by atoms with van der Waals surface area (Å²) in [4.78, 5) is 34.2. The molecule has 0 aliphatic rings. The van der Waals surface area contributed by atoms with Crippen molar-refractivity contribution in [3.8, 4) is 0 Å². The zero-order valence-corrected chi connectivity index (χ0v) is 16.6. The molecule has 0 unspecified atom stereocenters. The zero-order chi connectivity index (χ0) is 21.3. The average Bonchev–Trinajstić information content (AvgIpc) is 3.21. The highest BCUT2D eigenvalue weighted by molar-refractivity contribution is 7.12. The molecule has 10 nitrogen and oxygen atoms in total. The van der Waals surface area contributed by atoms with E-state index in [4.69, 9.17) is 0 Å². The van der Waals surface area contributed by atoms with E-state index >= 15 is 0 Å². The maximum Gasteiger partial charge on any atom is 0.312 e. The molecular formula is C18H17N5O5S. The minimum atomic E-state index is -0.543. The van der Waals surface area contributed by atoms with Crippen molar-refractivity contribution in [2.45, 2.75) is 27.3 Å². The lowest BCUT2D eigenvalue weighted by Crippen LogP contribution is -2.12. The van der Waals surface area contributed by atoms with E-state index in [0.717, 1.165) is 5.56 Å². The van der Waals surface area contributed by atoms with E-state index in [2.05, 4.69) is 10.4 Å². The van der Waals surface area contributed by atoms with Crippen LogP contribution in [0.1, 0.15) is 32.2 Å². The van der Waals surface area contributed by atoms with Gasteiger partial charge in [0.25, 0.3) is 11.6 Å². The van der Waals surface area contributed by atoms with Gasteiger partial charge in [-0.25, -0.2) is 0 Å². The average molecular weight is 415 g/mol. The van der Waals surface area contributed by atoms with Gasteiger partial charge in [0.15, 0.2) is 0 Å². The number of nitrogens with zero attached hydrogens (tertiary/aromatic N) is 4. The van der Waals surface area contributed by atoms with Crippen LogP contribution in [0.2, 0.25) is 0 Å². The first-order valence-corrected chi connectivity index (χ1v) is 9.37. The smallest absolute Gasteiger partial charge is 0.312 e. The molecule has 3 rings (SSSR count). The van der Waals surface area contributed by atoms with Gasteiger partial charge in [-0.1, -0.05) is 6.07 Å². The van der Waals surface area contributed by atoms with Crippen LogP contribution in [0.15, 0.2) is 29.6 Å². The van der Waals surface area contributed by atoms with Crippen molar-refractivity contribution >= 4 is 34.3 Å². The van der Waals surface area contributed by atoms with E-state index in [1.54, 1.807) is 38.3 Å². The van der Waals surface area contributed by atoms with Crippen molar-refractivity contribution < 1.29 is 14.6 Å². The molecule has 0 saturated heterocycles. The highest BCUT2D eigenvalue weighted by atomic mass is 32.1. The number of amides is 1. The summed E-state index contributed by atoms with van der Waals surface area (Å²) in [6.45, 7) is 5.19. The summed E-state index contributed by atoms with van der Waals surface area (Å²) in [6, 6.07) is 6.21. The Morgan fingerprint density at radius 2 is 1.90 bits per heavy atom. The molecule has 0 saturated carbocycles. The number of benzene rings is 1. The Kier molecular flexibility index (Phi) is 5.41. The van der Waals surface area contributed by atoms with Crippen LogP contribution in [0, 0.1) is 41.0 Å². The summed E-state index contributed by atoms with van der Waals surface area (Å²) in [5, 5.41) is 30.8. The number of aryl methyl sites for hydroxylation is 2. The highest BCUT2D eigenvalue weighted by Crippen LogP contribution is 2.27. The number of rotatable bonds is 6. The van der Waals surface area contributed by atoms with Crippen LogP contribution in [0.3, 0.4) is 0 Å². The van der Waals surface area contributed by atoms with Crippen molar-refractivity contribution in [1.29, 1.82) is 0 Å². The van der Waals surface area contributed by atoms with E-state index < -0.39 is 15.8 Å². The molecule has 1 aromatic carbocycles. The molecule has 11 heteroatoms. The summed E-state index contributed by atoms with van der Waals surface area (Å²) >= 11 is 1.18. The molecule has 2 aromatic heterocycles. The molecule has 3 aromatic rings. The Balaban J connectivity index is 1.79. The van der Waals surface area contributed by atoms with Gasteiger partial charge in [0.1, 0.15) is 17.1 Å². The van der Waals surface area contributed by atoms with Crippen LogP contribution < -0.4 is 5.32 Å². The van der Waals surface area contributed by atoms with Crippen molar-refractivity contribution in [2.24, 2.45) is 0 Å². The van der Waals surface area contributed by atoms with Gasteiger partial charge in [-0.05, 0) is 49.4 Å². The fourth-order valence-corrected chi connectivity index (χ4v) is 3.74. The lowest BCUT2D eigenvalue weighted by molar-refractivity contribution is -0.386. The number of hydrogen-bond donors (Lipinski definition) is 1. The van der Waals surface area contributed by atoms with Gasteiger partial charge in [0, 0.05) is 6.07 Å². The minimum Gasteiger partial charge on any atom is -0.316 e. The van der Waals surface area contributed by atoms with Gasteiger partial charge in [0.2, 0.25) is 0 Å². The number of nitrogens with one attached hydrogen (secondary N) is 1. The predicted molar refractivity (Wildman–Crippen MR) is 108 cm³/mol. The highest BCUT2D eigenvalue weighted by Gasteiger charge is 2.22. The van der Waals surface area contributed by atoms with Crippen LogP contribution in [0.4, 0.5) is 17.1 Å². The Bertz CT molecular complexity index is 1130. The number of nitro groups is 2. The Hall–Kier alpha value is -3.60. The molecule has 0 aliphatic heterocycles. The Morgan fingerprint density at radius 3 is 2.52 bits per heavy atom. The molecule has 0 fully saturated rings. The summed E-state index contributed by atoms with van der Waals surface area (Å²) < 4.78 is 1.52. The lowest BCUT2D eigenvalue weighted by atomic mass is 10.2. The van der Waals surface area contributed by atoms with Gasteiger partial charge >= 0.3 is 5.69 Å². The number of carbonyl (C=O) groups is 1. The SMILES string of the molecule is Cc1ccc(NC(=O)c2cc(Cn3nc(C)c([N+](=O)[O-])c3C)cs2)c([N+](=O)[O-])c1. The lowest BCUT2D eigenvalue weighted by Gasteiger charge is -2.05. The van der Waals surface area contributed by atoms with Gasteiger partial charge < -0.3 is 5.32 Å². The maximum absolute atomic E-state index is 12.5. The van der Waals surface area contributed by atoms with Gasteiger partial charge in [-0.3, -0.25) is 29.7 Å². The monoisotopic (exact) mass is 415 g/mol. The molecule has 1 amide bonds. The van der Waals surface area contributed by atoms with Crippen LogP contribution in [-0.4, -0.2) is 25.5 Å². The number of hydrogen-bond acceptors (Lipinski definition) is 7. The second-order valence-electron chi connectivity index (χ2n) is 6.49. The quantitative estimate of drug-likeness (QED) is 0.478. The van der Waals surface area contributed by atoms with Crippen LogP contribution >= 0.6 is 11.3 Å². The Morgan fingerprint density at radius 1 is 1.17 bits per heavy atom. The van der Waals surface area contributed by atoms with Crippen molar-refractivity contribution in [3.05, 3.63) is 77.3 Å². The molecule has 0 bridgehead atoms. The molecule has 29 heavy (non-hydrogen) atoms. The summed E-state index contributed by atoms with van der Waals surface area (Å²) in [5.41, 5.74) is 2.14. The second-order valence-corrected chi connectivity index (χ2v) is 7.40. The summed E-state index contributed by atoms with van der Waals surface area (Å²) in [6.07, 6.45) is 0. The number of thiophene rings is 1. The van der Waals surface area contributed by atoms with Crippen LogP contribution in [0.25, 0.3) is 0 Å². The molecule has 0 spiro atoms. The minimum absolute atomic E-state index is 0.0233. The van der Waals surface area contributed by atoms with Crippen LogP contribution in [-0.2, 0) is 6.54 Å². The third-order valence-electron chi connectivity index (χ3n) is 4.33. The fourth-order valence-electron chi connectivity index (χ4n) is 2.94. The van der Waals surface area contributed by atoms with Crippen molar-refractivity contribution in [1.82, 2.24) is 9.78 Å². The standard InChI is InChI=1S/C18H17N5O5S/c1-10-4-5-14(15(6-10)22(25)26)19-18(24)16-7-13(9-29-16)8-21-12(3)17(23(27)28)11(2)20-21/h4-7,9H,8H2,1-3H3,(H,19,24). The second kappa shape index (κ2) is 7.80. The predicted octanol–water partition coefficient (Wildman–Crippen LogP) is 3.99. The van der Waals surface area contributed by atoms with Crippen molar-refractivity contribution in [3.63, 3.8) is 0 Å². The van der Waals surface area contributed by atoms with E-state index in [1.807, 2.05) is 0 Å². The van der Waals surface area contributed by atoms with E-state index in [1.165, 1.54) is 28.2 Å². The third-order valence-corrected chi connectivity index (χ3v) is 5.31. The number of nitro benzene ring substituents is 1. The molecule has 1 N–H and O–H groups in total. The topological polar surface area (TPSA) is 133 Å². The summed E-state index contributed by atoms with van der Waals surface area (Å²) in [5.74, 6) is -0.465. The van der Waals surface area contributed by atoms with Gasteiger partial charge in [0.05, 0.1) is 21.3 Å². The van der Waals surface area contributed by atoms with E-state index in [-0.39, 0.29) is 23.6 Å². The molecule has 0 aliphatic carbocycles. The molecule has 0 atom stereocenters. The first-order valence-electron chi connectivity index (χ1n) is 8.49. The van der Waals surface area contributed by atoms with Gasteiger partial charge in [-0.15, -0.1) is 11.3 Å². The largest absolute Gasteiger partial charge is 0.316 e. The number of carbonyl (C=O) groups excluding carboxylic acids is 1. The third kappa shape index (κ3) is 4.14. The molecule has 0 radical (unpaired) electrons. The first kappa shape index (κ1) is 20.1. The van der Waals surface area contributed by atoms with Gasteiger partial charge in [-0.2, -0.15) is 5.10 Å². The summed E-state index contributed by atoms with van der Waals surface area (Å²) in [7, 11) is 0. The molecule has 150 valence electrons. The zero-order valence-electron chi connectivity index (χ0n) is 15.8. The fraction of sp³-hybridized carbons (Fsp3) is 0.222. The maximum atomic E-state index is 12.5. The molecule has 2 heterocycles. The van der Waals surface area contributed by atoms with Crippen LogP contribution in [0.5, 0.6) is 0 Å². The first-order chi connectivity index (χ1) is 13.7. The van der Waals surface area contributed by atoms with Crippen molar-refractivity contribution in [2.75, 3.05) is 5.32 Å². The normalized spacial score (nSPS) is 10.7. The Labute approximate surface area is 169 Å². The number of anilines is 1.